The predicted molar refractivity (Wildman–Crippen MR) is 217 cm³/mol. The zero-order valence-electron chi connectivity index (χ0n) is 34.5. The number of pyridine rings is 1. The fraction of sp³-hybridized carbons (Fsp3) is 0.356. The van der Waals surface area contributed by atoms with Crippen LogP contribution in [-0.2, 0) is 25.6 Å². The minimum atomic E-state index is -1.46. The van der Waals surface area contributed by atoms with Crippen molar-refractivity contribution in [2.45, 2.75) is 77.4 Å². The number of anilines is 1. The van der Waals surface area contributed by atoms with E-state index >= 15 is 4.39 Å². The van der Waals surface area contributed by atoms with E-state index in [0.717, 1.165) is 16.7 Å². The third-order valence-corrected chi connectivity index (χ3v) is 9.13. The zero-order valence-corrected chi connectivity index (χ0v) is 34.5. The minimum absolute atomic E-state index is 0.0153. The van der Waals surface area contributed by atoms with E-state index in [4.69, 9.17) is 14.2 Å². The second-order valence-corrected chi connectivity index (χ2v) is 16.1. The molecule has 0 radical (unpaired) electrons. The normalized spacial score (nSPS) is 14.7. The Balaban J connectivity index is 1.53. The largest absolute Gasteiger partial charge is 0.445 e. The third-order valence-electron chi connectivity index (χ3n) is 9.13. The lowest BCUT2D eigenvalue weighted by Gasteiger charge is -2.38. The molecule has 1 aliphatic heterocycles. The summed E-state index contributed by atoms with van der Waals surface area (Å²) in [6, 6.07) is 17.1. The quantitative estimate of drug-likeness (QED) is 0.139. The van der Waals surface area contributed by atoms with Crippen LogP contribution in [0.15, 0.2) is 91.3 Å². The molecule has 5 rings (SSSR count). The number of carbonyl (C=O) groups is 4. The highest BCUT2D eigenvalue weighted by Crippen LogP contribution is 2.33. The number of nitrogens with zero attached hydrogens (tertiary/aromatic N) is 4. The lowest BCUT2D eigenvalue weighted by Crippen LogP contribution is -2.56. The Bertz CT molecular complexity index is 2170. The van der Waals surface area contributed by atoms with E-state index in [-0.39, 0.29) is 37.5 Å². The van der Waals surface area contributed by atoms with E-state index in [1.807, 2.05) is 6.07 Å². The number of piperazine rings is 1. The molecule has 3 aromatic carbocycles. The van der Waals surface area contributed by atoms with Crippen molar-refractivity contribution in [2.24, 2.45) is 0 Å². The smallest absolute Gasteiger partial charge is 0.411 e. The van der Waals surface area contributed by atoms with Gasteiger partial charge in [0.05, 0.1) is 30.2 Å². The Labute approximate surface area is 347 Å². The van der Waals surface area contributed by atoms with Gasteiger partial charge < -0.3 is 24.4 Å². The van der Waals surface area contributed by atoms with Gasteiger partial charge in [-0.25, -0.2) is 27.6 Å². The van der Waals surface area contributed by atoms with Gasteiger partial charge in [-0.05, 0) is 82.5 Å². The lowest BCUT2D eigenvalue weighted by molar-refractivity contribution is -0.121. The number of hydrogen-bond acceptors (Lipinski definition) is 8. The summed E-state index contributed by atoms with van der Waals surface area (Å²) >= 11 is 0. The first kappa shape index (κ1) is 44.5. The molecule has 1 aliphatic rings. The van der Waals surface area contributed by atoms with E-state index in [1.165, 1.54) is 71.6 Å². The van der Waals surface area contributed by atoms with Crippen molar-refractivity contribution in [3.8, 4) is 11.8 Å². The first-order chi connectivity index (χ1) is 28.3. The molecule has 0 spiro atoms. The number of nitrogens with one attached hydrogen (secondary N) is 1. The van der Waals surface area contributed by atoms with Crippen molar-refractivity contribution >= 4 is 29.9 Å². The van der Waals surface area contributed by atoms with E-state index in [2.05, 4.69) is 22.1 Å². The number of carbonyl (C=O) groups excluding carboxylic acids is 4. The number of halogens is 3. The molecule has 15 heteroatoms. The highest BCUT2D eigenvalue weighted by atomic mass is 19.1. The highest BCUT2D eigenvalue weighted by molar-refractivity contribution is 5.98. The SMILES string of the molecule is CN(C(=O)OC(C)(C)C)[C@H](C(=O)Nc1cncc(F)c1C#CC1CN(C(=O)OC(C)(C)C)CCN1C(=O)OCc1ccccc1)C(c1ccc(F)cc1)c1ccc(F)cc1. The fourth-order valence-electron chi connectivity index (χ4n) is 6.33. The maximum absolute atomic E-state index is 15.8. The van der Waals surface area contributed by atoms with Gasteiger partial charge in [0.25, 0.3) is 0 Å². The van der Waals surface area contributed by atoms with Gasteiger partial charge in [-0.3, -0.25) is 19.6 Å². The number of amides is 4. The molecule has 60 heavy (non-hydrogen) atoms. The first-order valence-corrected chi connectivity index (χ1v) is 19.2. The van der Waals surface area contributed by atoms with Crippen LogP contribution in [-0.4, -0.2) is 93.8 Å². The molecule has 1 saturated heterocycles. The predicted octanol–water partition coefficient (Wildman–Crippen LogP) is 8.11. The average Bonchev–Trinajstić information content (AvgIpc) is 3.18. The monoisotopic (exact) mass is 827 g/mol. The van der Waals surface area contributed by atoms with Crippen LogP contribution in [0.2, 0.25) is 0 Å². The highest BCUT2D eigenvalue weighted by Gasteiger charge is 2.39. The molecule has 4 aromatic rings. The molecular formula is C45H48F3N5O7. The zero-order chi connectivity index (χ0) is 43.8. The average molecular weight is 828 g/mol. The van der Waals surface area contributed by atoms with E-state index < -0.39 is 70.8 Å². The van der Waals surface area contributed by atoms with Crippen LogP contribution in [0.3, 0.4) is 0 Å². The van der Waals surface area contributed by atoms with Gasteiger partial charge in [0, 0.05) is 26.1 Å². The lowest BCUT2D eigenvalue weighted by atomic mass is 9.83. The second kappa shape index (κ2) is 19.0. The number of likely N-dealkylation sites (N-methyl/N-ethyl adjacent to an activating group) is 1. The summed E-state index contributed by atoms with van der Waals surface area (Å²) in [4.78, 5) is 62.6. The van der Waals surface area contributed by atoms with Gasteiger partial charge in [0.1, 0.15) is 41.5 Å². The van der Waals surface area contributed by atoms with Gasteiger partial charge in [-0.15, -0.1) is 0 Å². The summed E-state index contributed by atoms with van der Waals surface area (Å²) in [7, 11) is 1.34. The molecule has 1 fully saturated rings. The standard InChI is InChI=1S/C45H48F3N5O7/c1-44(2,3)59-41(55)51(7)39(38(30-13-17-32(46)18-14-30)31-15-19-33(47)20-16-31)40(54)50-37-26-49-25-36(48)35(37)22-21-34-27-52(42(56)60-45(4,5)6)23-24-53(34)43(57)58-28-29-11-9-8-10-12-29/h8-20,25-26,34,38-39H,23-24,27-28H2,1-7H3,(H,50,54)/t34?,39-/m0/s1. The fourth-order valence-corrected chi connectivity index (χ4v) is 6.33. The molecule has 4 amide bonds. The first-order valence-electron chi connectivity index (χ1n) is 19.2. The molecule has 2 heterocycles. The molecule has 12 nitrogen and oxygen atoms in total. The molecule has 1 aromatic heterocycles. The Kier molecular flexibility index (Phi) is 14.1. The van der Waals surface area contributed by atoms with E-state index in [0.29, 0.717) is 11.1 Å². The van der Waals surface area contributed by atoms with Crippen LogP contribution in [0, 0.1) is 29.3 Å². The van der Waals surface area contributed by atoms with Crippen molar-refractivity contribution in [1.29, 1.82) is 0 Å². The molecule has 1 N–H and O–H groups in total. The van der Waals surface area contributed by atoms with Crippen molar-refractivity contribution < 1.29 is 46.6 Å². The second-order valence-electron chi connectivity index (χ2n) is 16.1. The van der Waals surface area contributed by atoms with Crippen LogP contribution < -0.4 is 5.32 Å². The minimum Gasteiger partial charge on any atom is -0.445 e. The van der Waals surface area contributed by atoms with Gasteiger partial charge in [0.2, 0.25) is 5.91 Å². The molecule has 2 atom stereocenters. The molecule has 0 aliphatic carbocycles. The van der Waals surface area contributed by atoms with Crippen LogP contribution in [0.25, 0.3) is 0 Å². The number of hydrogen-bond donors (Lipinski definition) is 1. The van der Waals surface area contributed by atoms with Crippen LogP contribution >= 0.6 is 0 Å². The van der Waals surface area contributed by atoms with Crippen LogP contribution in [0.5, 0.6) is 0 Å². The molecule has 316 valence electrons. The van der Waals surface area contributed by atoms with E-state index in [9.17, 15) is 28.0 Å². The summed E-state index contributed by atoms with van der Waals surface area (Å²) in [5.74, 6) is 1.74. The number of ether oxygens (including phenoxy) is 3. The van der Waals surface area contributed by atoms with Gasteiger partial charge in [0.15, 0.2) is 5.82 Å². The van der Waals surface area contributed by atoms with E-state index in [1.54, 1.807) is 65.8 Å². The van der Waals surface area contributed by atoms with Crippen molar-refractivity contribution in [3.63, 3.8) is 0 Å². The molecule has 0 saturated carbocycles. The Morgan fingerprint density at radius 1 is 0.817 bits per heavy atom. The summed E-state index contributed by atoms with van der Waals surface area (Å²) in [5, 5.41) is 2.67. The molecule has 0 bridgehead atoms. The summed E-state index contributed by atoms with van der Waals surface area (Å²) < 4.78 is 61.0. The number of benzene rings is 3. The van der Waals surface area contributed by atoms with Crippen LogP contribution in [0.1, 0.15) is 69.7 Å². The topological polar surface area (TPSA) is 131 Å². The summed E-state index contributed by atoms with van der Waals surface area (Å²) in [6.45, 7) is 10.1. The number of aromatic nitrogens is 1. The number of rotatable bonds is 8. The van der Waals surface area contributed by atoms with Crippen molar-refractivity contribution in [2.75, 3.05) is 32.0 Å². The Hall–Kier alpha value is -6.56. The van der Waals surface area contributed by atoms with Crippen molar-refractivity contribution in [1.82, 2.24) is 19.7 Å². The molecular weight excluding hydrogens is 780 g/mol. The summed E-state index contributed by atoms with van der Waals surface area (Å²) in [6.07, 6.45) is -0.178. The van der Waals surface area contributed by atoms with Gasteiger partial charge in [-0.2, -0.15) is 0 Å². The Morgan fingerprint density at radius 2 is 1.40 bits per heavy atom. The Morgan fingerprint density at radius 3 is 1.97 bits per heavy atom. The summed E-state index contributed by atoms with van der Waals surface area (Å²) in [5.41, 5.74) is -0.753. The third kappa shape index (κ3) is 12.0. The molecule has 1 unspecified atom stereocenters. The van der Waals surface area contributed by atoms with Gasteiger partial charge >= 0.3 is 18.3 Å². The van der Waals surface area contributed by atoms with Crippen molar-refractivity contribution in [3.05, 3.63) is 131 Å². The maximum atomic E-state index is 15.8. The van der Waals surface area contributed by atoms with Gasteiger partial charge in [-0.1, -0.05) is 66.4 Å². The maximum Gasteiger partial charge on any atom is 0.411 e. The van der Waals surface area contributed by atoms with Crippen LogP contribution in [0.4, 0.5) is 33.2 Å².